The van der Waals surface area contributed by atoms with Crippen LogP contribution < -0.4 is 10.6 Å². The van der Waals surface area contributed by atoms with E-state index in [2.05, 4.69) is 52.9 Å². The van der Waals surface area contributed by atoms with E-state index >= 15 is 0 Å². The highest BCUT2D eigenvalue weighted by atomic mass is 15.3. The molecule has 1 aromatic carbocycles. The fraction of sp³-hybridized carbons (Fsp3) is 0.421. The number of nitrogens with two attached hydrogens (primary N) is 1. The van der Waals surface area contributed by atoms with E-state index in [4.69, 9.17) is 5.73 Å². The summed E-state index contributed by atoms with van der Waals surface area (Å²) in [6, 6.07) is 14.9. The summed E-state index contributed by atoms with van der Waals surface area (Å²) >= 11 is 0. The summed E-state index contributed by atoms with van der Waals surface area (Å²) in [5, 5.41) is 0. The zero-order valence-corrected chi connectivity index (χ0v) is 14.0. The molecule has 1 aliphatic rings. The van der Waals surface area contributed by atoms with Crippen LogP contribution in [0.5, 0.6) is 0 Å². The molecule has 1 aliphatic heterocycles. The highest BCUT2D eigenvalue weighted by Gasteiger charge is 2.19. The lowest BCUT2D eigenvalue weighted by atomic mass is 10.0. The molecule has 1 unspecified atom stereocenters. The van der Waals surface area contributed by atoms with Gasteiger partial charge in [-0.1, -0.05) is 36.4 Å². The molecule has 2 heterocycles. The smallest absolute Gasteiger partial charge is 0.128 e. The molecule has 4 heteroatoms. The Hall–Kier alpha value is -1.91. The molecule has 0 spiro atoms. The Kier molecular flexibility index (Phi) is 4.94. The maximum atomic E-state index is 6.34. The third-order valence-electron chi connectivity index (χ3n) is 4.66. The van der Waals surface area contributed by atoms with Crippen molar-refractivity contribution in [3.8, 4) is 0 Å². The van der Waals surface area contributed by atoms with Crippen molar-refractivity contribution in [3.63, 3.8) is 0 Å². The fourth-order valence-electron chi connectivity index (χ4n) is 3.09. The summed E-state index contributed by atoms with van der Waals surface area (Å²) in [6.45, 7) is 8.79. The number of piperazine rings is 1. The first-order chi connectivity index (χ1) is 11.1. The van der Waals surface area contributed by atoms with Gasteiger partial charge in [0, 0.05) is 38.4 Å². The van der Waals surface area contributed by atoms with E-state index in [-0.39, 0.29) is 6.04 Å². The predicted molar refractivity (Wildman–Crippen MR) is 95.6 cm³/mol. The second-order valence-corrected chi connectivity index (χ2v) is 6.45. The van der Waals surface area contributed by atoms with Gasteiger partial charge >= 0.3 is 0 Å². The zero-order valence-electron chi connectivity index (χ0n) is 14.0. The van der Waals surface area contributed by atoms with Gasteiger partial charge in [0.1, 0.15) is 5.82 Å². The Labute approximate surface area is 138 Å². The van der Waals surface area contributed by atoms with Crippen LogP contribution in [0.1, 0.15) is 31.0 Å². The first kappa shape index (κ1) is 16.0. The first-order valence-electron chi connectivity index (χ1n) is 8.40. The van der Waals surface area contributed by atoms with E-state index in [1.165, 1.54) is 0 Å². The maximum Gasteiger partial charge on any atom is 0.128 e. The van der Waals surface area contributed by atoms with Crippen LogP contribution in [0, 0.1) is 0 Å². The molecule has 2 N–H and O–H groups in total. The molecule has 0 aliphatic carbocycles. The minimum absolute atomic E-state index is 0.115. The predicted octanol–water partition coefficient (Wildman–Crippen LogP) is 2.66. The summed E-state index contributed by atoms with van der Waals surface area (Å²) in [4.78, 5) is 9.51. The zero-order chi connectivity index (χ0) is 16.2. The number of hydrogen-bond donors (Lipinski definition) is 1. The van der Waals surface area contributed by atoms with Crippen molar-refractivity contribution in [2.24, 2.45) is 5.73 Å². The average molecular weight is 310 g/mol. The van der Waals surface area contributed by atoms with Crippen molar-refractivity contribution >= 4 is 5.82 Å². The number of hydrogen-bond acceptors (Lipinski definition) is 4. The summed E-state index contributed by atoms with van der Waals surface area (Å²) < 4.78 is 0. The molecule has 0 amide bonds. The van der Waals surface area contributed by atoms with Crippen molar-refractivity contribution in [2.45, 2.75) is 25.9 Å². The van der Waals surface area contributed by atoms with Gasteiger partial charge in [-0.2, -0.15) is 0 Å². The third kappa shape index (κ3) is 3.71. The SMILES string of the molecule is CC(C)N1CCN(c2ccc(C(N)c3ccccc3)cn2)CC1. The molecule has 0 bridgehead atoms. The van der Waals surface area contributed by atoms with Crippen LogP contribution in [-0.4, -0.2) is 42.1 Å². The van der Waals surface area contributed by atoms with Crippen LogP contribution in [-0.2, 0) is 0 Å². The molecule has 2 aromatic rings. The van der Waals surface area contributed by atoms with Gasteiger partial charge in [-0.05, 0) is 31.0 Å². The van der Waals surface area contributed by atoms with Crippen LogP contribution in [0.3, 0.4) is 0 Å². The standard InChI is InChI=1S/C19H26N4/c1-15(2)22-10-12-23(13-11-22)18-9-8-17(14-21-18)19(20)16-6-4-3-5-7-16/h3-9,14-15,19H,10-13,20H2,1-2H3. The minimum atomic E-state index is -0.115. The Morgan fingerprint density at radius 1 is 0.913 bits per heavy atom. The number of pyridine rings is 1. The van der Waals surface area contributed by atoms with Crippen LogP contribution >= 0.6 is 0 Å². The number of anilines is 1. The molecule has 23 heavy (non-hydrogen) atoms. The van der Waals surface area contributed by atoms with E-state index < -0.39 is 0 Å². The van der Waals surface area contributed by atoms with Crippen molar-refractivity contribution in [1.82, 2.24) is 9.88 Å². The van der Waals surface area contributed by atoms with Crippen molar-refractivity contribution in [2.75, 3.05) is 31.1 Å². The second kappa shape index (κ2) is 7.11. The topological polar surface area (TPSA) is 45.4 Å². The normalized spacial score (nSPS) is 17.5. The lowest BCUT2D eigenvalue weighted by molar-refractivity contribution is 0.209. The van der Waals surface area contributed by atoms with E-state index in [9.17, 15) is 0 Å². The van der Waals surface area contributed by atoms with Gasteiger partial charge in [-0.25, -0.2) is 4.98 Å². The molecule has 1 atom stereocenters. The lowest BCUT2D eigenvalue weighted by Gasteiger charge is -2.37. The summed E-state index contributed by atoms with van der Waals surface area (Å²) in [5.41, 5.74) is 8.51. The van der Waals surface area contributed by atoms with Gasteiger partial charge in [0.15, 0.2) is 0 Å². The minimum Gasteiger partial charge on any atom is -0.354 e. The molecular weight excluding hydrogens is 284 g/mol. The maximum absolute atomic E-state index is 6.34. The Morgan fingerprint density at radius 3 is 2.17 bits per heavy atom. The molecule has 1 aromatic heterocycles. The monoisotopic (exact) mass is 310 g/mol. The first-order valence-corrected chi connectivity index (χ1v) is 8.40. The van der Waals surface area contributed by atoms with Crippen LogP contribution in [0.15, 0.2) is 48.7 Å². The summed E-state index contributed by atoms with van der Waals surface area (Å²) in [7, 11) is 0. The van der Waals surface area contributed by atoms with Gasteiger partial charge in [0.2, 0.25) is 0 Å². The van der Waals surface area contributed by atoms with Crippen molar-refractivity contribution in [1.29, 1.82) is 0 Å². The van der Waals surface area contributed by atoms with E-state index in [0.29, 0.717) is 6.04 Å². The molecule has 4 nitrogen and oxygen atoms in total. The fourth-order valence-corrected chi connectivity index (χ4v) is 3.09. The van der Waals surface area contributed by atoms with E-state index in [1.54, 1.807) is 0 Å². The van der Waals surface area contributed by atoms with Crippen molar-refractivity contribution < 1.29 is 0 Å². The highest BCUT2D eigenvalue weighted by Crippen LogP contribution is 2.21. The van der Waals surface area contributed by atoms with Gasteiger partial charge in [0.25, 0.3) is 0 Å². The largest absolute Gasteiger partial charge is 0.354 e. The molecule has 1 saturated heterocycles. The Balaban J connectivity index is 1.66. The quantitative estimate of drug-likeness (QED) is 0.943. The average Bonchev–Trinajstić information content (AvgIpc) is 2.62. The van der Waals surface area contributed by atoms with Gasteiger partial charge < -0.3 is 10.6 Å². The van der Waals surface area contributed by atoms with Gasteiger partial charge in [-0.3, -0.25) is 4.90 Å². The third-order valence-corrected chi connectivity index (χ3v) is 4.66. The molecule has 0 radical (unpaired) electrons. The number of rotatable bonds is 4. The highest BCUT2D eigenvalue weighted by molar-refractivity contribution is 5.42. The number of aromatic nitrogens is 1. The molecule has 0 saturated carbocycles. The molecular formula is C19H26N4. The van der Waals surface area contributed by atoms with E-state index in [1.807, 2.05) is 24.4 Å². The Bertz CT molecular complexity index is 601. The summed E-state index contributed by atoms with van der Waals surface area (Å²) in [5.74, 6) is 1.05. The van der Waals surface area contributed by atoms with Crippen LogP contribution in [0.4, 0.5) is 5.82 Å². The van der Waals surface area contributed by atoms with Crippen molar-refractivity contribution in [3.05, 3.63) is 59.8 Å². The van der Waals surface area contributed by atoms with Gasteiger partial charge in [-0.15, -0.1) is 0 Å². The van der Waals surface area contributed by atoms with Crippen LogP contribution in [0.2, 0.25) is 0 Å². The molecule has 122 valence electrons. The lowest BCUT2D eigenvalue weighted by Crippen LogP contribution is -2.49. The second-order valence-electron chi connectivity index (χ2n) is 6.45. The molecule has 3 rings (SSSR count). The van der Waals surface area contributed by atoms with Crippen LogP contribution in [0.25, 0.3) is 0 Å². The van der Waals surface area contributed by atoms with Gasteiger partial charge in [0.05, 0.1) is 6.04 Å². The Morgan fingerprint density at radius 2 is 1.61 bits per heavy atom. The molecule has 1 fully saturated rings. The summed E-state index contributed by atoms with van der Waals surface area (Å²) in [6.07, 6.45) is 1.92. The van der Waals surface area contributed by atoms with E-state index in [0.717, 1.165) is 43.1 Å². The number of benzene rings is 1. The number of nitrogens with zero attached hydrogens (tertiary/aromatic N) is 3.